The number of nitrogens with zero attached hydrogens (tertiary/aromatic N) is 2. The normalized spacial score (nSPS) is 16.5. The number of benzene rings is 1. The Hall–Kier alpha value is -2.05. The van der Waals surface area contributed by atoms with Crippen LogP contribution in [0.3, 0.4) is 0 Å². The van der Waals surface area contributed by atoms with E-state index in [-0.39, 0.29) is 18.2 Å². The fraction of sp³-hybridized carbons (Fsp3) is 0.133. The van der Waals surface area contributed by atoms with E-state index in [2.05, 4.69) is 4.99 Å². The van der Waals surface area contributed by atoms with Crippen LogP contribution in [0.1, 0.15) is 16.1 Å². The lowest BCUT2D eigenvalue weighted by Gasteiger charge is -2.13. The summed E-state index contributed by atoms with van der Waals surface area (Å²) in [6.45, 7) is 0.269. The van der Waals surface area contributed by atoms with Gasteiger partial charge in [-0.25, -0.2) is 0 Å². The summed E-state index contributed by atoms with van der Waals surface area (Å²) in [6.07, 6.45) is 1.54. The van der Waals surface area contributed by atoms with Crippen LogP contribution in [-0.2, 0) is 11.3 Å². The lowest BCUT2D eigenvalue weighted by molar-refractivity contribution is -0.124. The van der Waals surface area contributed by atoms with E-state index in [9.17, 15) is 9.59 Å². The van der Waals surface area contributed by atoms with Crippen molar-refractivity contribution in [1.29, 1.82) is 0 Å². The number of aliphatic imine (C=N–C) groups is 1. The van der Waals surface area contributed by atoms with E-state index in [1.54, 1.807) is 42.7 Å². The molecular formula is C15H11ClN2O3S. The molecule has 0 N–H and O–H groups in total. The van der Waals surface area contributed by atoms with Gasteiger partial charge in [0.05, 0.1) is 18.6 Å². The second kappa shape index (κ2) is 6.37. The van der Waals surface area contributed by atoms with E-state index in [1.165, 1.54) is 16.7 Å². The zero-order chi connectivity index (χ0) is 15.5. The maximum absolute atomic E-state index is 12.2. The molecular weight excluding hydrogens is 324 g/mol. The third kappa shape index (κ3) is 3.23. The third-order valence-electron chi connectivity index (χ3n) is 3.04. The minimum absolute atomic E-state index is 0.0935. The Bertz CT molecular complexity index is 726. The zero-order valence-corrected chi connectivity index (χ0v) is 12.9. The van der Waals surface area contributed by atoms with E-state index in [4.69, 9.17) is 16.0 Å². The summed E-state index contributed by atoms with van der Waals surface area (Å²) < 4.78 is 5.24. The van der Waals surface area contributed by atoms with Crippen LogP contribution in [0.2, 0.25) is 5.02 Å². The first-order chi connectivity index (χ1) is 10.6. The molecule has 2 heterocycles. The topological polar surface area (TPSA) is 62.9 Å². The molecule has 1 aliphatic heterocycles. The van der Waals surface area contributed by atoms with Crippen molar-refractivity contribution in [2.75, 3.05) is 5.75 Å². The number of hydrogen-bond donors (Lipinski definition) is 0. The molecule has 22 heavy (non-hydrogen) atoms. The fourth-order valence-corrected chi connectivity index (χ4v) is 2.94. The van der Waals surface area contributed by atoms with Gasteiger partial charge in [0.15, 0.2) is 5.17 Å². The van der Waals surface area contributed by atoms with Gasteiger partial charge in [-0.05, 0) is 36.4 Å². The Balaban J connectivity index is 1.80. The lowest BCUT2D eigenvalue weighted by Crippen LogP contribution is -2.29. The number of carbonyl (C=O) groups excluding carboxylic acids is 2. The van der Waals surface area contributed by atoms with Crippen molar-refractivity contribution in [3.8, 4) is 0 Å². The number of carbonyl (C=O) groups is 2. The van der Waals surface area contributed by atoms with Gasteiger partial charge in [0.1, 0.15) is 5.76 Å². The first kappa shape index (κ1) is 14.9. The molecule has 5 nitrogen and oxygen atoms in total. The largest absolute Gasteiger partial charge is 0.467 e. The predicted octanol–water partition coefficient (Wildman–Crippen LogP) is 3.20. The molecule has 2 aromatic rings. The van der Waals surface area contributed by atoms with Crippen LogP contribution in [-0.4, -0.2) is 27.6 Å². The SMILES string of the molecule is O=C(N=C1SCC(=O)N1Cc1ccco1)c1ccc(Cl)cc1. The van der Waals surface area contributed by atoms with Gasteiger partial charge in [-0.1, -0.05) is 23.4 Å². The van der Waals surface area contributed by atoms with Crippen LogP contribution in [0.4, 0.5) is 0 Å². The van der Waals surface area contributed by atoms with Crippen molar-refractivity contribution in [2.45, 2.75) is 6.54 Å². The minimum atomic E-state index is -0.404. The van der Waals surface area contributed by atoms with Crippen LogP contribution in [0.25, 0.3) is 0 Å². The summed E-state index contributed by atoms with van der Waals surface area (Å²) in [5.41, 5.74) is 0.426. The second-order valence-corrected chi connectivity index (χ2v) is 5.93. The number of rotatable bonds is 3. The standard InChI is InChI=1S/C15H11ClN2O3S/c16-11-5-3-10(4-6-11)14(20)17-15-18(13(19)9-22-15)8-12-2-1-7-21-12/h1-7H,8-9H2. The molecule has 0 radical (unpaired) electrons. The van der Waals surface area contributed by atoms with Gasteiger partial charge in [-0.3, -0.25) is 14.5 Å². The number of halogens is 1. The molecule has 3 rings (SSSR count). The van der Waals surface area contributed by atoms with Crippen molar-refractivity contribution in [1.82, 2.24) is 4.90 Å². The van der Waals surface area contributed by atoms with Crippen molar-refractivity contribution in [2.24, 2.45) is 4.99 Å². The monoisotopic (exact) mass is 334 g/mol. The Morgan fingerprint density at radius 1 is 1.32 bits per heavy atom. The molecule has 0 bridgehead atoms. The second-order valence-electron chi connectivity index (χ2n) is 4.55. The average molecular weight is 335 g/mol. The molecule has 0 aliphatic carbocycles. The summed E-state index contributed by atoms with van der Waals surface area (Å²) >= 11 is 7.04. The van der Waals surface area contributed by atoms with Gasteiger partial charge in [-0.15, -0.1) is 0 Å². The van der Waals surface area contributed by atoms with E-state index in [0.717, 1.165) is 0 Å². The smallest absolute Gasteiger partial charge is 0.279 e. The van der Waals surface area contributed by atoms with Crippen LogP contribution >= 0.6 is 23.4 Å². The number of furan rings is 1. The fourth-order valence-electron chi connectivity index (χ4n) is 1.94. The quantitative estimate of drug-likeness (QED) is 0.864. The highest BCUT2D eigenvalue weighted by atomic mass is 35.5. The number of amides is 2. The number of amidine groups is 1. The summed E-state index contributed by atoms with van der Waals surface area (Å²) in [7, 11) is 0. The highest BCUT2D eigenvalue weighted by Gasteiger charge is 2.29. The first-order valence-electron chi connectivity index (χ1n) is 6.47. The third-order valence-corrected chi connectivity index (χ3v) is 4.25. The van der Waals surface area contributed by atoms with Gasteiger partial charge < -0.3 is 4.42 Å². The summed E-state index contributed by atoms with van der Waals surface area (Å²) in [5, 5.41) is 0.940. The summed E-state index contributed by atoms with van der Waals surface area (Å²) in [5.74, 6) is 0.415. The van der Waals surface area contributed by atoms with E-state index >= 15 is 0 Å². The van der Waals surface area contributed by atoms with E-state index in [0.29, 0.717) is 21.5 Å². The Kier molecular flexibility index (Phi) is 4.31. The maximum atomic E-state index is 12.2. The summed E-state index contributed by atoms with van der Waals surface area (Å²) in [4.78, 5) is 29.6. The van der Waals surface area contributed by atoms with Gasteiger partial charge in [0, 0.05) is 10.6 Å². The molecule has 2 amide bonds. The molecule has 1 aliphatic rings. The van der Waals surface area contributed by atoms with Gasteiger partial charge >= 0.3 is 0 Å². The Morgan fingerprint density at radius 2 is 2.09 bits per heavy atom. The Labute approximate surface area is 136 Å². The van der Waals surface area contributed by atoms with Crippen molar-refractivity contribution >= 4 is 40.3 Å². The van der Waals surface area contributed by atoms with Crippen LogP contribution in [0.15, 0.2) is 52.1 Å². The Morgan fingerprint density at radius 3 is 2.77 bits per heavy atom. The van der Waals surface area contributed by atoms with Gasteiger partial charge in [-0.2, -0.15) is 4.99 Å². The van der Waals surface area contributed by atoms with Crippen molar-refractivity contribution in [3.63, 3.8) is 0 Å². The van der Waals surface area contributed by atoms with Gasteiger partial charge in [0.25, 0.3) is 5.91 Å². The van der Waals surface area contributed by atoms with E-state index < -0.39 is 5.91 Å². The lowest BCUT2D eigenvalue weighted by atomic mass is 10.2. The molecule has 7 heteroatoms. The first-order valence-corrected chi connectivity index (χ1v) is 7.84. The molecule has 0 atom stereocenters. The summed E-state index contributed by atoms with van der Waals surface area (Å²) in [6, 6.07) is 9.98. The highest BCUT2D eigenvalue weighted by Crippen LogP contribution is 2.23. The average Bonchev–Trinajstić information content (AvgIpc) is 3.13. The van der Waals surface area contributed by atoms with Crippen LogP contribution in [0.5, 0.6) is 0 Å². The molecule has 1 fully saturated rings. The molecule has 112 valence electrons. The van der Waals surface area contributed by atoms with Crippen LogP contribution < -0.4 is 0 Å². The molecule has 1 saturated heterocycles. The highest BCUT2D eigenvalue weighted by molar-refractivity contribution is 8.15. The number of thioether (sulfide) groups is 1. The molecule has 0 spiro atoms. The van der Waals surface area contributed by atoms with Crippen molar-refractivity contribution in [3.05, 3.63) is 59.0 Å². The molecule has 0 unspecified atom stereocenters. The predicted molar refractivity (Wildman–Crippen MR) is 84.9 cm³/mol. The molecule has 0 saturated carbocycles. The number of hydrogen-bond acceptors (Lipinski definition) is 4. The zero-order valence-electron chi connectivity index (χ0n) is 11.4. The van der Waals surface area contributed by atoms with Crippen LogP contribution in [0, 0.1) is 0 Å². The van der Waals surface area contributed by atoms with Gasteiger partial charge in [0.2, 0.25) is 5.91 Å². The minimum Gasteiger partial charge on any atom is -0.467 e. The molecule has 1 aromatic heterocycles. The van der Waals surface area contributed by atoms with E-state index in [1.807, 2.05) is 0 Å². The maximum Gasteiger partial charge on any atom is 0.279 e. The van der Waals surface area contributed by atoms with Crippen molar-refractivity contribution < 1.29 is 14.0 Å². The molecule has 1 aromatic carbocycles.